The van der Waals surface area contributed by atoms with Crippen LogP contribution in [0.5, 0.6) is 23.0 Å². The normalized spacial score (nSPS) is 12.3. The van der Waals surface area contributed by atoms with Gasteiger partial charge in [-0.25, -0.2) is 0 Å². The first-order chi connectivity index (χ1) is 18.0. The summed E-state index contributed by atoms with van der Waals surface area (Å²) in [7, 11) is 0. The zero-order valence-electron chi connectivity index (χ0n) is 20.8. The maximum Gasteiger partial charge on any atom is 0.161 e. The molecule has 0 fully saturated rings. The number of hydrogen-bond donors (Lipinski definition) is 1. The lowest BCUT2D eigenvalue weighted by Crippen LogP contribution is -2.15. The Hall–Kier alpha value is -3.81. The summed E-state index contributed by atoms with van der Waals surface area (Å²) in [6.07, 6.45) is 3.41. The molecule has 0 atom stereocenters. The number of nitrogens with two attached hydrogens (primary N) is 1. The SMILES string of the molecule is Cc1cnc(COc2cc(OCc3cccc(-c4ccc5c(c4)OCCO5)c3C)c(Cl)cc2CN)cn1. The van der Waals surface area contributed by atoms with Crippen LogP contribution in [0.15, 0.2) is 60.9 Å². The van der Waals surface area contributed by atoms with Gasteiger partial charge in [0.15, 0.2) is 11.5 Å². The van der Waals surface area contributed by atoms with Gasteiger partial charge in [0, 0.05) is 24.4 Å². The van der Waals surface area contributed by atoms with Gasteiger partial charge in [-0.3, -0.25) is 9.97 Å². The Labute approximate surface area is 221 Å². The molecule has 190 valence electrons. The van der Waals surface area contributed by atoms with Crippen molar-refractivity contribution in [3.8, 4) is 34.1 Å². The quantitative estimate of drug-likeness (QED) is 0.316. The molecule has 0 aliphatic carbocycles. The Morgan fingerprint density at radius 3 is 2.46 bits per heavy atom. The monoisotopic (exact) mass is 517 g/mol. The molecule has 0 saturated heterocycles. The molecule has 37 heavy (non-hydrogen) atoms. The first-order valence-corrected chi connectivity index (χ1v) is 12.4. The van der Waals surface area contributed by atoms with Crippen LogP contribution in [0.2, 0.25) is 5.02 Å². The second-order valence-corrected chi connectivity index (χ2v) is 9.18. The fraction of sp³-hybridized carbons (Fsp3) is 0.241. The molecule has 0 bridgehead atoms. The maximum atomic E-state index is 6.53. The van der Waals surface area contributed by atoms with Gasteiger partial charge in [-0.1, -0.05) is 35.9 Å². The number of aromatic nitrogens is 2. The van der Waals surface area contributed by atoms with E-state index in [0.717, 1.165) is 50.7 Å². The van der Waals surface area contributed by atoms with Crippen LogP contribution in [0.25, 0.3) is 11.1 Å². The molecular formula is C29H28ClN3O4. The van der Waals surface area contributed by atoms with Gasteiger partial charge in [0.1, 0.15) is 37.9 Å². The molecule has 7 nitrogen and oxygen atoms in total. The first-order valence-electron chi connectivity index (χ1n) is 12.1. The minimum Gasteiger partial charge on any atom is -0.487 e. The third kappa shape index (κ3) is 5.63. The lowest BCUT2D eigenvalue weighted by atomic mass is 9.96. The van der Waals surface area contributed by atoms with Crippen molar-refractivity contribution in [2.45, 2.75) is 33.6 Å². The molecule has 0 saturated carbocycles. The van der Waals surface area contributed by atoms with Crippen LogP contribution in [0, 0.1) is 13.8 Å². The lowest BCUT2D eigenvalue weighted by Gasteiger charge is -2.20. The van der Waals surface area contributed by atoms with E-state index in [1.807, 2.05) is 37.3 Å². The summed E-state index contributed by atoms with van der Waals surface area (Å²) in [5, 5.41) is 0.476. The fourth-order valence-corrected chi connectivity index (χ4v) is 4.39. The van der Waals surface area contributed by atoms with E-state index in [0.29, 0.717) is 36.3 Å². The molecule has 5 rings (SSSR count). The molecule has 0 spiro atoms. The van der Waals surface area contributed by atoms with Gasteiger partial charge < -0.3 is 24.7 Å². The Kier molecular flexibility index (Phi) is 7.44. The third-order valence-corrected chi connectivity index (χ3v) is 6.52. The molecule has 0 radical (unpaired) electrons. The Morgan fingerprint density at radius 2 is 1.68 bits per heavy atom. The summed E-state index contributed by atoms with van der Waals surface area (Å²) in [4.78, 5) is 8.60. The predicted molar refractivity (Wildman–Crippen MR) is 142 cm³/mol. The number of rotatable bonds is 8. The highest BCUT2D eigenvalue weighted by Crippen LogP contribution is 2.37. The van der Waals surface area contributed by atoms with E-state index < -0.39 is 0 Å². The Bertz CT molecular complexity index is 1410. The zero-order valence-corrected chi connectivity index (χ0v) is 21.5. The van der Waals surface area contributed by atoms with E-state index in [2.05, 4.69) is 23.0 Å². The molecule has 3 aromatic carbocycles. The van der Waals surface area contributed by atoms with Crippen LogP contribution in [0.1, 0.15) is 28.1 Å². The number of fused-ring (bicyclic) bond motifs is 1. The summed E-state index contributed by atoms with van der Waals surface area (Å²) in [5.41, 5.74) is 12.6. The van der Waals surface area contributed by atoms with Gasteiger partial charge in [0.05, 0.1) is 22.6 Å². The highest BCUT2D eigenvalue weighted by atomic mass is 35.5. The number of halogens is 1. The smallest absolute Gasteiger partial charge is 0.161 e. The Morgan fingerprint density at radius 1 is 0.865 bits per heavy atom. The van der Waals surface area contributed by atoms with Crippen LogP contribution < -0.4 is 24.7 Å². The van der Waals surface area contributed by atoms with E-state index >= 15 is 0 Å². The summed E-state index contributed by atoms with van der Waals surface area (Å²) in [5.74, 6) is 2.66. The zero-order chi connectivity index (χ0) is 25.8. The van der Waals surface area contributed by atoms with E-state index in [1.165, 1.54) is 0 Å². The number of ether oxygens (including phenoxy) is 4. The van der Waals surface area contributed by atoms with Gasteiger partial charge in [0.25, 0.3) is 0 Å². The van der Waals surface area contributed by atoms with E-state index in [-0.39, 0.29) is 13.2 Å². The third-order valence-electron chi connectivity index (χ3n) is 6.23. The maximum absolute atomic E-state index is 6.53. The summed E-state index contributed by atoms with van der Waals surface area (Å²) in [6.45, 7) is 5.98. The average molecular weight is 518 g/mol. The van der Waals surface area contributed by atoms with Crippen LogP contribution in [-0.4, -0.2) is 23.2 Å². The number of hydrogen-bond acceptors (Lipinski definition) is 7. The molecule has 2 N–H and O–H groups in total. The van der Waals surface area contributed by atoms with Gasteiger partial charge in [-0.2, -0.15) is 0 Å². The van der Waals surface area contributed by atoms with Crippen molar-refractivity contribution in [1.29, 1.82) is 0 Å². The van der Waals surface area contributed by atoms with Crippen LogP contribution in [-0.2, 0) is 19.8 Å². The second kappa shape index (κ2) is 11.1. The van der Waals surface area contributed by atoms with Gasteiger partial charge in [-0.15, -0.1) is 0 Å². The van der Waals surface area contributed by atoms with Gasteiger partial charge >= 0.3 is 0 Å². The topological polar surface area (TPSA) is 88.7 Å². The lowest BCUT2D eigenvalue weighted by molar-refractivity contribution is 0.171. The van der Waals surface area contributed by atoms with Crippen molar-refractivity contribution < 1.29 is 18.9 Å². The standard InChI is InChI=1S/C29H28ClN3O4/c1-18-14-33-23(15-32-18)17-37-27-12-28(25(30)10-22(27)13-31)36-16-21-4-3-5-24(19(21)2)20-6-7-26-29(11-20)35-9-8-34-26/h3-7,10-12,14-15H,8-9,13,16-17,31H2,1-2H3. The molecule has 1 aliphatic heterocycles. The number of benzene rings is 3. The van der Waals surface area contributed by atoms with Gasteiger partial charge in [0.2, 0.25) is 0 Å². The highest BCUT2D eigenvalue weighted by molar-refractivity contribution is 6.32. The molecule has 8 heteroatoms. The summed E-state index contributed by atoms with van der Waals surface area (Å²) >= 11 is 6.53. The van der Waals surface area contributed by atoms with Crippen molar-refractivity contribution in [2.75, 3.05) is 13.2 Å². The minimum atomic E-state index is 0.262. The number of aryl methyl sites for hydroxylation is 1. The number of nitrogens with zero attached hydrogens (tertiary/aromatic N) is 2. The molecule has 0 unspecified atom stereocenters. The molecule has 0 amide bonds. The molecule has 1 aliphatic rings. The first kappa shape index (κ1) is 24.9. The van der Waals surface area contributed by atoms with Crippen molar-refractivity contribution in [3.63, 3.8) is 0 Å². The predicted octanol–water partition coefficient (Wildman–Crippen LogP) is 5.80. The molecule has 1 aromatic heterocycles. The summed E-state index contributed by atoms with van der Waals surface area (Å²) < 4.78 is 23.6. The minimum absolute atomic E-state index is 0.262. The fourth-order valence-electron chi connectivity index (χ4n) is 4.14. The largest absolute Gasteiger partial charge is 0.487 e. The van der Waals surface area contributed by atoms with Crippen molar-refractivity contribution in [3.05, 3.63) is 94.0 Å². The van der Waals surface area contributed by atoms with Gasteiger partial charge in [-0.05, 0) is 54.3 Å². The second-order valence-electron chi connectivity index (χ2n) is 8.77. The molecule has 2 heterocycles. The van der Waals surface area contributed by atoms with E-state index in [1.54, 1.807) is 24.5 Å². The summed E-state index contributed by atoms with van der Waals surface area (Å²) in [6, 6.07) is 15.7. The molecular weight excluding hydrogens is 490 g/mol. The average Bonchev–Trinajstić information content (AvgIpc) is 2.92. The Balaban J connectivity index is 1.34. The van der Waals surface area contributed by atoms with E-state index in [4.69, 9.17) is 36.3 Å². The van der Waals surface area contributed by atoms with Crippen molar-refractivity contribution >= 4 is 11.6 Å². The highest BCUT2D eigenvalue weighted by Gasteiger charge is 2.16. The van der Waals surface area contributed by atoms with Crippen LogP contribution >= 0.6 is 11.6 Å². The van der Waals surface area contributed by atoms with E-state index in [9.17, 15) is 0 Å². The van der Waals surface area contributed by atoms with Crippen molar-refractivity contribution in [2.24, 2.45) is 5.73 Å². The van der Waals surface area contributed by atoms with Crippen LogP contribution in [0.3, 0.4) is 0 Å². The molecule has 4 aromatic rings. The van der Waals surface area contributed by atoms with Crippen molar-refractivity contribution in [1.82, 2.24) is 9.97 Å². The van der Waals surface area contributed by atoms with Crippen LogP contribution in [0.4, 0.5) is 0 Å².